The number of H-pyrrole nitrogens is 1. The molecule has 0 fully saturated rings. The van der Waals surface area contributed by atoms with Crippen LogP contribution in [0.1, 0.15) is 53.6 Å². The third-order valence-corrected chi connectivity index (χ3v) is 5.70. The zero-order valence-corrected chi connectivity index (χ0v) is 19.5. The number of ether oxygens (including phenoxy) is 2. The third-order valence-electron chi connectivity index (χ3n) is 5.70. The molecule has 0 bridgehead atoms. The van der Waals surface area contributed by atoms with Gasteiger partial charge in [0, 0.05) is 11.6 Å². The Kier molecular flexibility index (Phi) is 6.56. The van der Waals surface area contributed by atoms with E-state index in [1.807, 2.05) is 88.5 Å². The van der Waals surface area contributed by atoms with Crippen LogP contribution in [-0.4, -0.2) is 27.5 Å². The SMILES string of the molecule is Cc1cccc(COC(C)(c2c[nH]cn2)c2ccc3ccccc3n2)c1C(=O)OCC(C)C. The first-order valence-corrected chi connectivity index (χ1v) is 11.1. The van der Waals surface area contributed by atoms with E-state index in [4.69, 9.17) is 14.5 Å². The molecule has 2 aromatic heterocycles. The highest BCUT2D eigenvalue weighted by molar-refractivity contribution is 5.92. The van der Waals surface area contributed by atoms with Gasteiger partial charge in [0.25, 0.3) is 0 Å². The van der Waals surface area contributed by atoms with Crippen LogP contribution in [0.15, 0.2) is 67.1 Å². The highest BCUT2D eigenvalue weighted by Crippen LogP contribution is 2.33. The van der Waals surface area contributed by atoms with Crippen molar-refractivity contribution in [2.75, 3.05) is 6.61 Å². The van der Waals surface area contributed by atoms with Crippen LogP contribution < -0.4 is 0 Å². The fourth-order valence-electron chi connectivity index (χ4n) is 3.81. The third kappa shape index (κ3) is 4.81. The summed E-state index contributed by atoms with van der Waals surface area (Å²) in [4.78, 5) is 25.2. The van der Waals surface area contributed by atoms with Gasteiger partial charge in [-0.1, -0.05) is 56.3 Å². The lowest BCUT2D eigenvalue weighted by Gasteiger charge is -2.28. The number of nitrogens with zero attached hydrogens (tertiary/aromatic N) is 2. The summed E-state index contributed by atoms with van der Waals surface area (Å²) in [5.74, 6) is -0.0645. The molecule has 0 saturated heterocycles. The number of para-hydroxylation sites is 1. The highest BCUT2D eigenvalue weighted by Gasteiger charge is 2.34. The van der Waals surface area contributed by atoms with E-state index in [-0.39, 0.29) is 18.5 Å². The Morgan fingerprint density at radius 1 is 1.06 bits per heavy atom. The summed E-state index contributed by atoms with van der Waals surface area (Å²) < 4.78 is 12.0. The van der Waals surface area contributed by atoms with Crippen LogP contribution in [0.5, 0.6) is 0 Å². The van der Waals surface area contributed by atoms with Gasteiger partial charge in [-0.05, 0) is 43.0 Å². The van der Waals surface area contributed by atoms with Crippen LogP contribution in [0, 0.1) is 12.8 Å². The predicted octanol–water partition coefficient (Wildman–Crippen LogP) is 5.56. The van der Waals surface area contributed by atoms with Crippen LogP contribution in [-0.2, 0) is 21.7 Å². The molecule has 0 aliphatic heterocycles. The summed E-state index contributed by atoms with van der Waals surface area (Å²) in [5, 5.41) is 1.06. The number of hydrogen-bond acceptors (Lipinski definition) is 5. The van der Waals surface area contributed by atoms with Crippen LogP contribution in [0.25, 0.3) is 10.9 Å². The van der Waals surface area contributed by atoms with Crippen molar-refractivity contribution in [1.82, 2.24) is 15.0 Å². The molecule has 1 N–H and O–H groups in total. The fraction of sp³-hybridized carbons (Fsp3) is 0.296. The first-order chi connectivity index (χ1) is 15.9. The lowest BCUT2D eigenvalue weighted by Crippen LogP contribution is -2.29. The minimum atomic E-state index is -0.924. The highest BCUT2D eigenvalue weighted by atomic mass is 16.5. The van der Waals surface area contributed by atoms with E-state index in [1.54, 1.807) is 6.33 Å². The number of rotatable bonds is 8. The van der Waals surface area contributed by atoms with E-state index in [1.165, 1.54) is 0 Å². The average molecular weight is 444 g/mol. The molecule has 1 atom stereocenters. The van der Waals surface area contributed by atoms with Gasteiger partial charge < -0.3 is 14.5 Å². The number of carbonyl (C=O) groups excluding carboxylic acids is 1. The Hall–Kier alpha value is -3.51. The van der Waals surface area contributed by atoms with Crippen molar-refractivity contribution in [2.45, 2.75) is 39.9 Å². The maximum atomic E-state index is 12.9. The average Bonchev–Trinajstić information content (AvgIpc) is 3.36. The molecule has 6 heteroatoms. The number of aromatic nitrogens is 3. The maximum absolute atomic E-state index is 12.9. The number of pyridine rings is 1. The van der Waals surface area contributed by atoms with Crippen LogP contribution in [0.4, 0.5) is 0 Å². The molecule has 4 rings (SSSR count). The van der Waals surface area contributed by atoms with Crippen LogP contribution in [0.3, 0.4) is 0 Å². The summed E-state index contributed by atoms with van der Waals surface area (Å²) in [6.45, 7) is 8.47. The number of nitrogens with one attached hydrogen (secondary N) is 1. The molecule has 0 spiro atoms. The smallest absolute Gasteiger partial charge is 0.338 e. The normalized spacial score (nSPS) is 13.2. The summed E-state index contributed by atoms with van der Waals surface area (Å²) in [6, 6.07) is 17.7. The van der Waals surface area contributed by atoms with Gasteiger partial charge in [0.15, 0.2) is 5.60 Å². The number of carbonyl (C=O) groups is 1. The largest absolute Gasteiger partial charge is 0.462 e. The van der Waals surface area contributed by atoms with Crippen molar-refractivity contribution in [3.63, 3.8) is 0 Å². The monoisotopic (exact) mass is 443 g/mol. The van der Waals surface area contributed by atoms with Gasteiger partial charge >= 0.3 is 5.97 Å². The zero-order valence-electron chi connectivity index (χ0n) is 19.5. The summed E-state index contributed by atoms with van der Waals surface area (Å²) in [7, 11) is 0. The Labute approximate surface area is 194 Å². The minimum absolute atomic E-state index is 0.200. The molecule has 2 heterocycles. The van der Waals surface area contributed by atoms with Gasteiger partial charge in [-0.25, -0.2) is 14.8 Å². The van der Waals surface area contributed by atoms with E-state index in [0.717, 1.165) is 27.7 Å². The van der Waals surface area contributed by atoms with Crippen molar-refractivity contribution in [1.29, 1.82) is 0 Å². The number of benzene rings is 2. The summed E-state index contributed by atoms with van der Waals surface area (Å²) in [6.07, 6.45) is 3.43. The molecule has 0 aliphatic carbocycles. The Morgan fingerprint density at radius 3 is 2.64 bits per heavy atom. The van der Waals surface area contributed by atoms with E-state index >= 15 is 0 Å². The first kappa shape index (κ1) is 22.7. The van der Waals surface area contributed by atoms with Gasteiger partial charge in [-0.2, -0.15) is 0 Å². The summed E-state index contributed by atoms with van der Waals surface area (Å²) >= 11 is 0. The van der Waals surface area contributed by atoms with Crippen molar-refractivity contribution in [3.05, 3.63) is 95.2 Å². The number of imidazole rings is 1. The van der Waals surface area contributed by atoms with E-state index in [0.29, 0.717) is 17.9 Å². The topological polar surface area (TPSA) is 77.1 Å². The molecular weight excluding hydrogens is 414 g/mol. The molecule has 170 valence electrons. The molecular formula is C27H29N3O3. The standard InChI is InChI=1S/C27H29N3O3/c1-18(2)15-32-26(31)25-19(3)8-7-10-21(25)16-33-27(4,24-14-28-17-29-24)23-13-12-20-9-5-6-11-22(20)30-23/h5-14,17-18H,15-16H2,1-4H3,(H,28,29). The molecule has 6 nitrogen and oxygen atoms in total. The lowest BCUT2D eigenvalue weighted by molar-refractivity contribution is -0.0226. The maximum Gasteiger partial charge on any atom is 0.338 e. The Balaban J connectivity index is 1.68. The first-order valence-electron chi connectivity index (χ1n) is 11.1. The number of hydrogen-bond donors (Lipinski definition) is 1. The van der Waals surface area contributed by atoms with Crippen LogP contribution >= 0.6 is 0 Å². The van der Waals surface area contributed by atoms with Gasteiger partial charge in [0.05, 0.1) is 42.0 Å². The summed E-state index contributed by atoms with van der Waals surface area (Å²) in [5.41, 5.74) is 3.59. The molecule has 33 heavy (non-hydrogen) atoms. The van der Waals surface area contributed by atoms with E-state index in [9.17, 15) is 4.79 Å². The molecule has 4 aromatic rings. The number of aromatic amines is 1. The van der Waals surface area contributed by atoms with Crippen molar-refractivity contribution < 1.29 is 14.3 Å². The van der Waals surface area contributed by atoms with Crippen molar-refractivity contribution in [3.8, 4) is 0 Å². The van der Waals surface area contributed by atoms with Gasteiger partial charge in [0.2, 0.25) is 0 Å². The van der Waals surface area contributed by atoms with Gasteiger partial charge in [-0.15, -0.1) is 0 Å². The number of aryl methyl sites for hydroxylation is 1. The van der Waals surface area contributed by atoms with Gasteiger partial charge in [-0.3, -0.25) is 0 Å². The Morgan fingerprint density at radius 2 is 1.88 bits per heavy atom. The van der Waals surface area contributed by atoms with Crippen LogP contribution in [0.2, 0.25) is 0 Å². The Bertz CT molecular complexity index is 1250. The second-order valence-corrected chi connectivity index (χ2v) is 8.77. The number of esters is 1. The number of fused-ring (bicyclic) bond motifs is 1. The fourth-order valence-corrected chi connectivity index (χ4v) is 3.81. The van der Waals surface area contributed by atoms with E-state index in [2.05, 4.69) is 9.97 Å². The minimum Gasteiger partial charge on any atom is -0.462 e. The molecule has 0 radical (unpaired) electrons. The molecule has 0 amide bonds. The lowest BCUT2D eigenvalue weighted by atomic mass is 9.96. The van der Waals surface area contributed by atoms with Gasteiger partial charge in [0.1, 0.15) is 0 Å². The van der Waals surface area contributed by atoms with Crippen molar-refractivity contribution in [2.24, 2.45) is 5.92 Å². The molecule has 1 unspecified atom stereocenters. The van der Waals surface area contributed by atoms with E-state index < -0.39 is 5.60 Å². The molecule has 0 saturated carbocycles. The molecule has 0 aliphatic rings. The quantitative estimate of drug-likeness (QED) is 0.361. The second kappa shape index (κ2) is 9.55. The second-order valence-electron chi connectivity index (χ2n) is 8.77. The molecule has 2 aromatic carbocycles. The zero-order chi connectivity index (χ0) is 23.4. The predicted molar refractivity (Wildman–Crippen MR) is 128 cm³/mol. The van der Waals surface area contributed by atoms with Crippen molar-refractivity contribution >= 4 is 16.9 Å².